The lowest BCUT2D eigenvalue weighted by molar-refractivity contribution is 0.155. The van der Waals surface area contributed by atoms with Crippen molar-refractivity contribution < 1.29 is 8.95 Å². The maximum Gasteiger partial charge on any atom is 0.253 e. The van der Waals surface area contributed by atoms with Gasteiger partial charge in [-0.15, -0.1) is 0 Å². The van der Waals surface area contributed by atoms with Crippen molar-refractivity contribution in [2.75, 3.05) is 6.26 Å². The minimum Gasteiger partial charge on any atom is -0.490 e. The second kappa shape index (κ2) is 7.56. The summed E-state index contributed by atoms with van der Waals surface area (Å²) in [5.41, 5.74) is 2.50. The molecule has 1 unspecified atom stereocenters. The molecule has 1 aromatic carbocycles. The summed E-state index contributed by atoms with van der Waals surface area (Å²) in [7, 11) is 0.685. The van der Waals surface area contributed by atoms with Gasteiger partial charge < -0.3 is 9.30 Å². The normalized spacial score (nSPS) is 16.6. The molecule has 0 saturated heterocycles. The standard InChI is InChI=1S/C20H25NO3S/c1-14-11-15(13-21(2)20(14)22)18-12-17(25(3)23)9-10-19(18)24-16-7-5-4-6-8-16/h9-13,16H,4-8H2,1-3H3. The summed E-state index contributed by atoms with van der Waals surface area (Å²) in [5.74, 6) is 0.805. The molecule has 25 heavy (non-hydrogen) atoms. The fourth-order valence-electron chi connectivity index (χ4n) is 3.40. The summed E-state index contributed by atoms with van der Waals surface area (Å²) < 4.78 is 19.8. The van der Waals surface area contributed by atoms with Gasteiger partial charge in [0.15, 0.2) is 0 Å². The SMILES string of the molecule is Cc1cc(-c2cc(S(C)=O)ccc2OC2CCCCC2)cn(C)c1=O. The van der Waals surface area contributed by atoms with Crippen molar-refractivity contribution in [1.82, 2.24) is 4.57 Å². The van der Waals surface area contributed by atoms with Crippen molar-refractivity contribution in [2.24, 2.45) is 7.05 Å². The lowest BCUT2D eigenvalue weighted by atomic mass is 9.97. The summed E-state index contributed by atoms with van der Waals surface area (Å²) >= 11 is 0. The largest absolute Gasteiger partial charge is 0.490 e. The zero-order valence-corrected chi connectivity index (χ0v) is 15.9. The molecule has 0 bridgehead atoms. The van der Waals surface area contributed by atoms with Crippen LogP contribution < -0.4 is 10.3 Å². The molecule has 1 atom stereocenters. The van der Waals surface area contributed by atoms with Crippen LogP contribution in [-0.4, -0.2) is 21.1 Å². The van der Waals surface area contributed by atoms with Crippen LogP contribution in [0.5, 0.6) is 5.75 Å². The second-order valence-electron chi connectivity index (χ2n) is 6.82. The number of hydrogen-bond donors (Lipinski definition) is 0. The van der Waals surface area contributed by atoms with E-state index in [0.717, 1.165) is 34.6 Å². The minimum atomic E-state index is -1.07. The van der Waals surface area contributed by atoms with Crippen molar-refractivity contribution in [2.45, 2.75) is 50.0 Å². The topological polar surface area (TPSA) is 48.3 Å². The average Bonchev–Trinajstić information content (AvgIpc) is 2.60. The molecule has 1 fully saturated rings. The highest BCUT2D eigenvalue weighted by atomic mass is 32.2. The Labute approximate surface area is 151 Å². The summed E-state index contributed by atoms with van der Waals surface area (Å²) in [5, 5.41) is 0. The van der Waals surface area contributed by atoms with Crippen molar-refractivity contribution in [3.63, 3.8) is 0 Å². The van der Waals surface area contributed by atoms with Crippen LogP contribution in [0.2, 0.25) is 0 Å². The van der Waals surface area contributed by atoms with Gasteiger partial charge in [0.05, 0.1) is 6.10 Å². The summed E-state index contributed by atoms with van der Waals surface area (Å²) in [6.45, 7) is 1.81. The lowest BCUT2D eigenvalue weighted by Crippen LogP contribution is -2.20. The van der Waals surface area contributed by atoms with E-state index in [0.29, 0.717) is 5.56 Å². The van der Waals surface area contributed by atoms with Gasteiger partial charge in [-0.1, -0.05) is 6.42 Å². The van der Waals surface area contributed by atoms with Crippen LogP contribution in [0, 0.1) is 6.92 Å². The number of nitrogens with zero attached hydrogens (tertiary/aromatic N) is 1. The fraction of sp³-hybridized carbons (Fsp3) is 0.450. The molecule has 1 heterocycles. The first-order chi connectivity index (χ1) is 12.0. The monoisotopic (exact) mass is 359 g/mol. The zero-order valence-electron chi connectivity index (χ0n) is 15.1. The third-order valence-corrected chi connectivity index (χ3v) is 5.72. The highest BCUT2D eigenvalue weighted by Gasteiger charge is 2.18. The van der Waals surface area contributed by atoms with Crippen LogP contribution >= 0.6 is 0 Å². The molecule has 0 amide bonds. The number of hydrogen-bond acceptors (Lipinski definition) is 3. The molecule has 1 aromatic heterocycles. The summed E-state index contributed by atoms with van der Waals surface area (Å²) in [6.07, 6.45) is 9.57. The molecule has 1 saturated carbocycles. The van der Waals surface area contributed by atoms with Gasteiger partial charge >= 0.3 is 0 Å². The van der Waals surface area contributed by atoms with Gasteiger partial charge in [-0.25, -0.2) is 0 Å². The third-order valence-electron chi connectivity index (χ3n) is 4.80. The Bertz CT molecular complexity index is 824. The fourth-order valence-corrected chi connectivity index (χ4v) is 3.95. The number of pyridine rings is 1. The maximum atomic E-state index is 12.0. The van der Waals surface area contributed by atoms with Crippen LogP contribution in [-0.2, 0) is 17.8 Å². The van der Waals surface area contributed by atoms with Crippen LogP contribution in [0.1, 0.15) is 37.7 Å². The molecule has 0 radical (unpaired) electrons. The van der Waals surface area contributed by atoms with Gasteiger partial charge in [-0.3, -0.25) is 9.00 Å². The highest BCUT2D eigenvalue weighted by Crippen LogP contribution is 2.34. The van der Waals surface area contributed by atoms with Crippen molar-refractivity contribution >= 4 is 10.8 Å². The number of rotatable bonds is 4. The number of ether oxygens (including phenoxy) is 1. The molecule has 0 N–H and O–H groups in total. The maximum absolute atomic E-state index is 12.0. The van der Waals surface area contributed by atoms with Crippen LogP contribution in [0.15, 0.2) is 40.2 Å². The van der Waals surface area contributed by atoms with Crippen LogP contribution in [0.4, 0.5) is 0 Å². The Balaban J connectivity index is 2.06. The van der Waals surface area contributed by atoms with Crippen molar-refractivity contribution in [3.05, 3.63) is 46.4 Å². The molecule has 3 rings (SSSR count). The molecule has 134 valence electrons. The average molecular weight is 359 g/mol. The van der Waals surface area contributed by atoms with E-state index in [1.165, 1.54) is 19.3 Å². The molecular formula is C20H25NO3S. The Hall–Kier alpha value is -1.88. The molecule has 1 aliphatic carbocycles. The first-order valence-corrected chi connectivity index (χ1v) is 10.3. The van der Waals surface area contributed by atoms with E-state index in [4.69, 9.17) is 4.74 Å². The third kappa shape index (κ3) is 4.03. The highest BCUT2D eigenvalue weighted by molar-refractivity contribution is 7.84. The van der Waals surface area contributed by atoms with E-state index in [1.807, 2.05) is 37.4 Å². The zero-order chi connectivity index (χ0) is 18.0. The number of aryl methyl sites for hydroxylation is 2. The van der Waals surface area contributed by atoms with E-state index >= 15 is 0 Å². The molecule has 0 aliphatic heterocycles. The van der Waals surface area contributed by atoms with Gasteiger partial charge in [0.25, 0.3) is 5.56 Å². The van der Waals surface area contributed by atoms with Gasteiger partial charge in [0, 0.05) is 51.9 Å². The smallest absolute Gasteiger partial charge is 0.253 e. The van der Waals surface area contributed by atoms with Gasteiger partial charge in [0.1, 0.15) is 5.75 Å². The van der Waals surface area contributed by atoms with Crippen LogP contribution in [0.3, 0.4) is 0 Å². The Morgan fingerprint density at radius 2 is 1.88 bits per heavy atom. The summed E-state index contributed by atoms with van der Waals surface area (Å²) in [4.78, 5) is 12.8. The Morgan fingerprint density at radius 3 is 2.52 bits per heavy atom. The summed E-state index contributed by atoms with van der Waals surface area (Å²) in [6, 6.07) is 7.59. The van der Waals surface area contributed by atoms with Gasteiger partial charge in [-0.05, 0) is 56.9 Å². The predicted molar refractivity (Wildman–Crippen MR) is 102 cm³/mol. The van der Waals surface area contributed by atoms with Crippen molar-refractivity contribution in [1.29, 1.82) is 0 Å². The number of benzene rings is 1. The van der Waals surface area contributed by atoms with E-state index in [2.05, 4.69) is 0 Å². The quantitative estimate of drug-likeness (QED) is 0.834. The first kappa shape index (κ1) is 17.9. The Morgan fingerprint density at radius 1 is 1.16 bits per heavy atom. The van der Waals surface area contributed by atoms with Crippen molar-refractivity contribution in [3.8, 4) is 16.9 Å². The molecular weight excluding hydrogens is 334 g/mol. The predicted octanol–water partition coefficient (Wildman–Crippen LogP) is 3.81. The second-order valence-corrected chi connectivity index (χ2v) is 8.20. The van der Waals surface area contributed by atoms with E-state index in [9.17, 15) is 9.00 Å². The molecule has 0 spiro atoms. The first-order valence-electron chi connectivity index (χ1n) is 8.77. The molecule has 1 aliphatic rings. The van der Waals surface area contributed by atoms with E-state index in [1.54, 1.807) is 17.9 Å². The molecule has 2 aromatic rings. The lowest BCUT2D eigenvalue weighted by Gasteiger charge is -2.24. The number of aromatic nitrogens is 1. The molecule has 5 heteroatoms. The Kier molecular flexibility index (Phi) is 5.42. The van der Waals surface area contributed by atoms with Gasteiger partial charge in [-0.2, -0.15) is 0 Å². The van der Waals surface area contributed by atoms with Gasteiger partial charge in [0.2, 0.25) is 0 Å². The minimum absolute atomic E-state index is 0.00581. The van der Waals surface area contributed by atoms with E-state index in [-0.39, 0.29) is 11.7 Å². The molecule has 4 nitrogen and oxygen atoms in total. The van der Waals surface area contributed by atoms with E-state index < -0.39 is 10.8 Å². The van der Waals surface area contributed by atoms with Crippen LogP contribution in [0.25, 0.3) is 11.1 Å².